The molecule has 0 aromatic heterocycles. The number of rotatable bonds is 8. The number of carbonyl (C=O) groups is 1. The van der Waals surface area contributed by atoms with Gasteiger partial charge in [0.25, 0.3) is 0 Å². The summed E-state index contributed by atoms with van der Waals surface area (Å²) in [6, 6.07) is 6.77. The van der Waals surface area contributed by atoms with Crippen LogP contribution in [-0.4, -0.2) is 25.2 Å². The highest BCUT2D eigenvalue weighted by atomic mass is 19.4. The number of hydrogen-bond acceptors (Lipinski definition) is 4. The molecule has 43 heavy (non-hydrogen) atoms. The molecule has 0 saturated heterocycles. The third-order valence-corrected chi connectivity index (χ3v) is 9.75. The van der Waals surface area contributed by atoms with Gasteiger partial charge in [0.1, 0.15) is 11.9 Å². The Morgan fingerprint density at radius 2 is 1.70 bits per heavy atom. The fraction of sp³-hybridized carbons (Fsp3) is 0.606. The second-order valence-corrected chi connectivity index (χ2v) is 12.7. The smallest absolute Gasteiger partial charge is 0.416 e. The zero-order valence-corrected chi connectivity index (χ0v) is 24.8. The predicted molar refractivity (Wildman–Crippen MR) is 149 cm³/mol. The number of nitrogens with one attached hydrogen (secondary N) is 1. The van der Waals surface area contributed by atoms with Crippen LogP contribution in [0.25, 0.3) is 0 Å². The van der Waals surface area contributed by atoms with Crippen LogP contribution < -0.4 is 10.1 Å². The van der Waals surface area contributed by atoms with Crippen molar-refractivity contribution in [1.29, 1.82) is 0 Å². The van der Waals surface area contributed by atoms with E-state index < -0.39 is 35.1 Å². The normalized spacial score (nSPS) is 26.3. The van der Waals surface area contributed by atoms with Gasteiger partial charge in [0.15, 0.2) is 0 Å². The summed E-state index contributed by atoms with van der Waals surface area (Å²) < 4.78 is 92.8. The van der Waals surface area contributed by atoms with Crippen LogP contribution in [-0.2, 0) is 28.3 Å². The minimum absolute atomic E-state index is 0.0552. The molecule has 0 bridgehead atoms. The number of hydrogen-bond donors (Lipinski definition) is 1. The molecule has 10 heteroatoms. The number of methoxy groups -OCH3 is 1. The van der Waals surface area contributed by atoms with Crippen molar-refractivity contribution in [3.8, 4) is 5.75 Å². The minimum Gasteiger partial charge on any atom is -0.490 e. The van der Waals surface area contributed by atoms with Crippen molar-refractivity contribution in [3.63, 3.8) is 0 Å². The summed E-state index contributed by atoms with van der Waals surface area (Å²) >= 11 is 0. The second-order valence-electron chi connectivity index (χ2n) is 12.7. The second kappa shape index (κ2) is 12.0. The summed E-state index contributed by atoms with van der Waals surface area (Å²) in [5, 5.41) is 3.21. The highest BCUT2D eigenvalue weighted by Gasteiger charge is 2.43. The van der Waals surface area contributed by atoms with E-state index in [1.165, 1.54) is 14.0 Å². The van der Waals surface area contributed by atoms with Crippen LogP contribution in [0.15, 0.2) is 36.4 Å². The van der Waals surface area contributed by atoms with Crippen LogP contribution >= 0.6 is 0 Å². The Hall–Kier alpha value is -2.75. The zero-order valence-electron chi connectivity index (χ0n) is 24.8. The molecule has 236 valence electrons. The molecule has 2 aromatic carbocycles. The fourth-order valence-electron chi connectivity index (χ4n) is 7.41. The van der Waals surface area contributed by atoms with Crippen LogP contribution in [0.1, 0.15) is 92.7 Å². The van der Waals surface area contributed by atoms with E-state index in [-0.39, 0.29) is 41.8 Å². The highest BCUT2D eigenvalue weighted by molar-refractivity contribution is 5.73. The van der Waals surface area contributed by atoms with Gasteiger partial charge in [0, 0.05) is 12.1 Å². The molecular weight excluding hydrogens is 572 g/mol. The molecular formula is C33H39F6NO3. The molecule has 2 saturated carbocycles. The van der Waals surface area contributed by atoms with Crippen LogP contribution in [0.4, 0.5) is 26.3 Å². The van der Waals surface area contributed by atoms with Crippen molar-refractivity contribution in [2.75, 3.05) is 7.11 Å². The van der Waals surface area contributed by atoms with Crippen molar-refractivity contribution >= 4 is 5.97 Å². The number of halogens is 6. The van der Waals surface area contributed by atoms with E-state index in [9.17, 15) is 31.1 Å². The number of fused-ring (bicyclic) bond motifs is 1. The number of aryl methyl sites for hydroxylation is 1. The van der Waals surface area contributed by atoms with Crippen LogP contribution in [0.3, 0.4) is 0 Å². The Kier molecular flexibility index (Phi) is 8.82. The summed E-state index contributed by atoms with van der Waals surface area (Å²) in [5.41, 5.74) is -0.384. The van der Waals surface area contributed by atoms with E-state index in [0.717, 1.165) is 42.6 Å². The van der Waals surface area contributed by atoms with Gasteiger partial charge in [0.2, 0.25) is 0 Å². The molecule has 3 aliphatic rings. The summed E-state index contributed by atoms with van der Waals surface area (Å²) in [4.78, 5) is 12.4. The first kappa shape index (κ1) is 31.7. The summed E-state index contributed by atoms with van der Waals surface area (Å²) in [6.07, 6.45) is -4.48. The first-order valence-corrected chi connectivity index (χ1v) is 15.1. The molecule has 2 aliphatic carbocycles. The van der Waals surface area contributed by atoms with E-state index in [2.05, 4.69) is 30.4 Å². The lowest BCUT2D eigenvalue weighted by atomic mass is 9.81. The molecule has 2 fully saturated rings. The van der Waals surface area contributed by atoms with Crippen LogP contribution in [0.2, 0.25) is 0 Å². The molecule has 1 N–H and O–H groups in total. The standard InChI is InChI=1S/C33H39F6NO3/c1-17-13-24(40-19(3)26-15-23(32(34,35)36)10-11-27(26)33(37,38)39)16-25(17)28-12-9-20-5-8-22(14-29(20)43-28)30(21-6-7-21)18(2)31(41)42-4/h5,8,10-11,14-15,17-19,21,24-25,28,30,40H,6-7,9,12-13,16H2,1-4H3/t17?,18-,19-,24?,25?,28?,30-/m0/s1. The van der Waals surface area contributed by atoms with Crippen molar-refractivity contribution < 1.29 is 40.6 Å². The predicted octanol–water partition coefficient (Wildman–Crippen LogP) is 8.49. The molecule has 4 nitrogen and oxygen atoms in total. The Morgan fingerprint density at radius 3 is 2.33 bits per heavy atom. The third-order valence-electron chi connectivity index (χ3n) is 9.75. The lowest BCUT2D eigenvalue weighted by Crippen LogP contribution is -2.34. The van der Waals surface area contributed by atoms with Gasteiger partial charge >= 0.3 is 18.3 Å². The van der Waals surface area contributed by atoms with Gasteiger partial charge < -0.3 is 14.8 Å². The van der Waals surface area contributed by atoms with Crippen molar-refractivity contribution in [3.05, 3.63) is 64.2 Å². The fourth-order valence-corrected chi connectivity index (χ4v) is 7.41. The number of benzene rings is 2. The average Bonchev–Trinajstić information content (AvgIpc) is 3.72. The number of esters is 1. The maximum Gasteiger partial charge on any atom is 0.416 e. The van der Waals surface area contributed by atoms with Crippen LogP contribution in [0.5, 0.6) is 5.75 Å². The summed E-state index contributed by atoms with van der Waals surface area (Å²) in [5.74, 6) is 1.15. The molecule has 1 aliphatic heterocycles. The Morgan fingerprint density at radius 1 is 0.977 bits per heavy atom. The molecule has 0 amide bonds. The first-order valence-electron chi connectivity index (χ1n) is 15.1. The van der Waals surface area contributed by atoms with Crippen molar-refractivity contribution in [2.24, 2.45) is 23.7 Å². The molecule has 0 spiro atoms. The zero-order chi connectivity index (χ0) is 31.3. The quantitative estimate of drug-likeness (QED) is 0.240. The molecule has 5 rings (SSSR count). The van der Waals surface area contributed by atoms with Gasteiger partial charge in [0.05, 0.1) is 24.2 Å². The van der Waals surface area contributed by atoms with E-state index in [1.807, 2.05) is 6.92 Å². The Balaban J connectivity index is 1.29. The lowest BCUT2D eigenvalue weighted by Gasteiger charge is -2.33. The maximum atomic E-state index is 13.7. The van der Waals surface area contributed by atoms with Gasteiger partial charge in [-0.05, 0) is 110 Å². The Bertz CT molecular complexity index is 1320. The first-order chi connectivity index (χ1) is 20.2. The summed E-state index contributed by atoms with van der Waals surface area (Å²) in [6.45, 7) is 5.49. The third kappa shape index (κ3) is 6.84. The van der Waals surface area contributed by atoms with E-state index in [0.29, 0.717) is 37.0 Å². The van der Waals surface area contributed by atoms with Gasteiger partial charge in [-0.25, -0.2) is 0 Å². The van der Waals surface area contributed by atoms with Crippen molar-refractivity contribution in [1.82, 2.24) is 5.32 Å². The van der Waals surface area contributed by atoms with E-state index >= 15 is 0 Å². The van der Waals surface area contributed by atoms with Crippen molar-refractivity contribution in [2.45, 2.75) is 95.8 Å². The molecule has 1 heterocycles. The van der Waals surface area contributed by atoms with Gasteiger partial charge in [-0.2, -0.15) is 26.3 Å². The van der Waals surface area contributed by atoms with Gasteiger partial charge in [-0.1, -0.05) is 26.0 Å². The van der Waals surface area contributed by atoms with E-state index in [1.54, 1.807) is 0 Å². The number of ether oxygens (including phenoxy) is 2. The topological polar surface area (TPSA) is 47.6 Å². The monoisotopic (exact) mass is 611 g/mol. The summed E-state index contributed by atoms with van der Waals surface area (Å²) in [7, 11) is 1.41. The molecule has 7 atom stereocenters. The lowest BCUT2D eigenvalue weighted by molar-refractivity contribution is -0.146. The largest absolute Gasteiger partial charge is 0.490 e. The van der Waals surface area contributed by atoms with Gasteiger partial charge in [-0.3, -0.25) is 4.79 Å². The SMILES string of the molecule is COC(=O)[C@@H](C)[C@H](c1ccc2c(c1)OC(C1CC(N[C@@H](C)c3cc(C(F)(F)F)ccc3C(F)(F)F)CC1C)CC2)C1CC1. The maximum absolute atomic E-state index is 13.7. The van der Waals surface area contributed by atoms with Crippen LogP contribution in [0, 0.1) is 23.7 Å². The molecule has 4 unspecified atom stereocenters. The Labute approximate surface area is 248 Å². The minimum atomic E-state index is -4.77. The highest BCUT2D eigenvalue weighted by Crippen LogP contribution is 2.49. The molecule has 0 radical (unpaired) electrons. The number of alkyl halides is 6. The average molecular weight is 612 g/mol. The van der Waals surface area contributed by atoms with Gasteiger partial charge in [-0.15, -0.1) is 0 Å². The van der Waals surface area contributed by atoms with E-state index in [4.69, 9.17) is 9.47 Å². The number of carbonyl (C=O) groups excluding carboxylic acids is 1. The molecule has 2 aromatic rings.